The summed E-state index contributed by atoms with van der Waals surface area (Å²) in [6, 6.07) is 2.27. The Morgan fingerprint density at radius 2 is 1.77 bits per heavy atom. The molecule has 8 heteroatoms. The Balaban J connectivity index is 1.45. The molecule has 0 N–H and O–H groups in total. The molecule has 0 unspecified atom stereocenters. The van der Waals surface area contributed by atoms with E-state index in [1.165, 1.54) is 0 Å². The third kappa shape index (κ3) is 4.42. The summed E-state index contributed by atoms with van der Waals surface area (Å²) in [6.07, 6.45) is 4.26. The van der Waals surface area contributed by atoms with Gasteiger partial charge in [0, 0.05) is 58.8 Å². The predicted molar refractivity (Wildman–Crippen MR) is 97.0 cm³/mol. The van der Waals surface area contributed by atoms with E-state index in [0.29, 0.717) is 44.5 Å². The van der Waals surface area contributed by atoms with Gasteiger partial charge in [0.1, 0.15) is 5.82 Å². The van der Waals surface area contributed by atoms with Crippen LogP contribution in [0.25, 0.3) is 0 Å². The summed E-state index contributed by atoms with van der Waals surface area (Å²) in [5.41, 5.74) is 0. The van der Waals surface area contributed by atoms with Gasteiger partial charge in [0.25, 0.3) is 0 Å². The fourth-order valence-corrected chi connectivity index (χ4v) is 3.62. The summed E-state index contributed by atoms with van der Waals surface area (Å²) in [4.78, 5) is 38.3. The van der Waals surface area contributed by atoms with Gasteiger partial charge >= 0.3 is 6.01 Å². The molecule has 0 atom stereocenters. The molecule has 2 amide bonds. The molecule has 0 bridgehead atoms. The summed E-state index contributed by atoms with van der Waals surface area (Å²) in [6.45, 7) is 5.95. The number of nitrogens with zero attached hydrogens (tertiary/aromatic N) is 5. The highest BCUT2D eigenvalue weighted by Crippen LogP contribution is 2.25. The molecule has 1 aromatic rings. The molecule has 3 heterocycles. The lowest BCUT2D eigenvalue weighted by molar-refractivity contribution is -0.139. The molecule has 2 aliphatic rings. The SMILES string of the molecule is COc1nccc(N2CCC(CC(=O)N3CCN(C(C)=O)CC3)CC2)n1. The number of aromatic nitrogens is 2. The molecule has 0 radical (unpaired) electrons. The molecule has 0 aromatic carbocycles. The van der Waals surface area contributed by atoms with Crippen molar-refractivity contribution >= 4 is 17.6 Å². The number of amides is 2. The smallest absolute Gasteiger partial charge is 0.318 e. The minimum atomic E-state index is 0.0887. The average molecular weight is 361 g/mol. The average Bonchev–Trinajstić information content (AvgIpc) is 2.68. The van der Waals surface area contributed by atoms with E-state index in [1.54, 1.807) is 25.1 Å². The van der Waals surface area contributed by atoms with Crippen LogP contribution in [0.15, 0.2) is 12.3 Å². The molecule has 0 aliphatic carbocycles. The Hall–Kier alpha value is -2.38. The summed E-state index contributed by atoms with van der Waals surface area (Å²) >= 11 is 0. The van der Waals surface area contributed by atoms with Crippen molar-refractivity contribution in [2.24, 2.45) is 5.92 Å². The van der Waals surface area contributed by atoms with E-state index >= 15 is 0 Å². The molecular weight excluding hydrogens is 334 g/mol. The van der Waals surface area contributed by atoms with Crippen LogP contribution in [0.3, 0.4) is 0 Å². The maximum absolute atomic E-state index is 12.5. The lowest BCUT2D eigenvalue weighted by Gasteiger charge is -2.36. The van der Waals surface area contributed by atoms with E-state index in [-0.39, 0.29) is 11.8 Å². The minimum absolute atomic E-state index is 0.0887. The molecule has 3 rings (SSSR count). The first-order valence-electron chi connectivity index (χ1n) is 9.22. The molecule has 0 spiro atoms. The Bertz CT molecular complexity index is 637. The number of methoxy groups -OCH3 is 1. The molecule has 142 valence electrons. The first-order valence-corrected chi connectivity index (χ1v) is 9.22. The van der Waals surface area contributed by atoms with Crippen molar-refractivity contribution in [1.82, 2.24) is 19.8 Å². The molecule has 2 aliphatic heterocycles. The van der Waals surface area contributed by atoms with Gasteiger partial charge in [-0.1, -0.05) is 0 Å². The molecule has 2 fully saturated rings. The number of anilines is 1. The second kappa shape index (κ2) is 8.33. The van der Waals surface area contributed by atoms with Crippen LogP contribution in [0.1, 0.15) is 26.2 Å². The van der Waals surface area contributed by atoms with Crippen LogP contribution >= 0.6 is 0 Å². The molecule has 0 saturated carbocycles. The van der Waals surface area contributed by atoms with Gasteiger partial charge in [-0.3, -0.25) is 9.59 Å². The van der Waals surface area contributed by atoms with E-state index in [4.69, 9.17) is 4.74 Å². The van der Waals surface area contributed by atoms with Gasteiger partial charge in [-0.05, 0) is 24.8 Å². The zero-order chi connectivity index (χ0) is 18.5. The molecule has 8 nitrogen and oxygen atoms in total. The number of ether oxygens (including phenoxy) is 1. The van der Waals surface area contributed by atoms with Gasteiger partial charge < -0.3 is 19.4 Å². The zero-order valence-corrected chi connectivity index (χ0v) is 15.6. The zero-order valence-electron chi connectivity index (χ0n) is 15.6. The van der Waals surface area contributed by atoms with Crippen LogP contribution in [0.5, 0.6) is 6.01 Å². The number of rotatable bonds is 4. The van der Waals surface area contributed by atoms with Gasteiger partial charge in [0.2, 0.25) is 11.8 Å². The Kier molecular flexibility index (Phi) is 5.90. The monoisotopic (exact) mass is 361 g/mol. The number of hydrogen-bond acceptors (Lipinski definition) is 6. The van der Waals surface area contributed by atoms with E-state index in [2.05, 4.69) is 14.9 Å². The maximum Gasteiger partial charge on any atom is 0.318 e. The van der Waals surface area contributed by atoms with E-state index in [1.807, 2.05) is 11.0 Å². The highest BCUT2D eigenvalue weighted by Gasteiger charge is 2.27. The van der Waals surface area contributed by atoms with E-state index in [9.17, 15) is 9.59 Å². The van der Waals surface area contributed by atoms with Crippen LogP contribution in [0.2, 0.25) is 0 Å². The van der Waals surface area contributed by atoms with Crippen LogP contribution < -0.4 is 9.64 Å². The largest absolute Gasteiger partial charge is 0.467 e. The third-order valence-corrected chi connectivity index (χ3v) is 5.28. The van der Waals surface area contributed by atoms with Crippen molar-refractivity contribution in [2.75, 3.05) is 51.3 Å². The van der Waals surface area contributed by atoms with Crippen LogP contribution in [-0.2, 0) is 9.59 Å². The van der Waals surface area contributed by atoms with Gasteiger partial charge in [-0.25, -0.2) is 4.98 Å². The highest BCUT2D eigenvalue weighted by molar-refractivity contribution is 5.77. The van der Waals surface area contributed by atoms with E-state index in [0.717, 1.165) is 31.7 Å². The number of carbonyl (C=O) groups excluding carboxylic acids is 2. The minimum Gasteiger partial charge on any atom is -0.467 e. The lowest BCUT2D eigenvalue weighted by atomic mass is 9.93. The second-order valence-corrected chi connectivity index (χ2v) is 6.92. The standard InChI is InChI=1S/C18H27N5O3/c1-14(24)21-9-11-23(12-10-21)17(25)13-15-4-7-22(8-5-15)16-3-6-19-18(20-16)26-2/h3,6,15H,4-5,7-13H2,1-2H3. The van der Waals surface area contributed by atoms with Gasteiger partial charge in [0.05, 0.1) is 7.11 Å². The normalized spacial score (nSPS) is 18.8. The van der Waals surface area contributed by atoms with E-state index < -0.39 is 0 Å². The lowest BCUT2D eigenvalue weighted by Crippen LogP contribution is -2.50. The number of piperazine rings is 1. The Morgan fingerprint density at radius 3 is 2.38 bits per heavy atom. The number of carbonyl (C=O) groups is 2. The van der Waals surface area contributed by atoms with Crippen molar-refractivity contribution < 1.29 is 14.3 Å². The highest BCUT2D eigenvalue weighted by atomic mass is 16.5. The van der Waals surface area contributed by atoms with Crippen LogP contribution in [0, 0.1) is 5.92 Å². The van der Waals surface area contributed by atoms with Crippen LogP contribution in [-0.4, -0.2) is 78.0 Å². The van der Waals surface area contributed by atoms with Crippen LogP contribution in [0.4, 0.5) is 5.82 Å². The first kappa shape index (κ1) is 18.4. The van der Waals surface area contributed by atoms with Crippen molar-refractivity contribution in [3.05, 3.63) is 12.3 Å². The summed E-state index contributed by atoms with van der Waals surface area (Å²) in [5.74, 6) is 1.59. The fourth-order valence-electron chi connectivity index (χ4n) is 3.62. The predicted octanol–water partition coefficient (Wildman–Crippen LogP) is 0.782. The Labute approximate surface area is 154 Å². The molecular formula is C18H27N5O3. The number of piperidine rings is 1. The topological polar surface area (TPSA) is 78.9 Å². The van der Waals surface area contributed by atoms with Crippen molar-refractivity contribution in [3.8, 4) is 6.01 Å². The number of hydrogen-bond donors (Lipinski definition) is 0. The first-order chi connectivity index (χ1) is 12.6. The second-order valence-electron chi connectivity index (χ2n) is 6.92. The van der Waals surface area contributed by atoms with Crippen molar-refractivity contribution in [2.45, 2.75) is 26.2 Å². The summed E-state index contributed by atoms with van der Waals surface area (Å²) in [7, 11) is 1.56. The quantitative estimate of drug-likeness (QED) is 0.789. The molecule has 1 aromatic heterocycles. The van der Waals surface area contributed by atoms with Gasteiger partial charge in [-0.15, -0.1) is 0 Å². The summed E-state index contributed by atoms with van der Waals surface area (Å²) < 4.78 is 5.09. The fraction of sp³-hybridized carbons (Fsp3) is 0.667. The van der Waals surface area contributed by atoms with Crippen molar-refractivity contribution in [3.63, 3.8) is 0 Å². The summed E-state index contributed by atoms with van der Waals surface area (Å²) in [5, 5.41) is 0. The van der Waals surface area contributed by atoms with Crippen molar-refractivity contribution in [1.29, 1.82) is 0 Å². The maximum atomic E-state index is 12.5. The third-order valence-electron chi connectivity index (χ3n) is 5.28. The van der Waals surface area contributed by atoms with Gasteiger partial charge in [-0.2, -0.15) is 4.98 Å². The Morgan fingerprint density at radius 1 is 1.12 bits per heavy atom. The van der Waals surface area contributed by atoms with Gasteiger partial charge in [0.15, 0.2) is 0 Å². The molecule has 2 saturated heterocycles. The molecule has 26 heavy (non-hydrogen) atoms.